The molecule has 1 aliphatic heterocycles. The Labute approximate surface area is 83.5 Å². The van der Waals surface area contributed by atoms with Crippen molar-refractivity contribution in [2.24, 2.45) is 11.8 Å². The number of carbonyl (C=O) groups is 1. The number of amides is 1. The van der Waals surface area contributed by atoms with E-state index in [0.717, 1.165) is 25.9 Å². The fraction of sp³-hybridized carbons (Fsp3) is 0.889. The van der Waals surface area contributed by atoms with E-state index in [4.69, 9.17) is 0 Å². The van der Waals surface area contributed by atoms with Gasteiger partial charge < -0.3 is 10.0 Å². The minimum absolute atomic E-state index is 0.102. The monoisotopic (exact) mass is 201 g/mol. The van der Waals surface area contributed by atoms with Gasteiger partial charge in [0, 0.05) is 19.0 Å². The molecule has 4 heteroatoms. The highest BCUT2D eigenvalue weighted by molar-refractivity contribution is 7.81. The van der Waals surface area contributed by atoms with Crippen molar-refractivity contribution in [2.75, 3.05) is 18.8 Å². The maximum absolute atomic E-state index is 11.3. The Balaban J connectivity index is 1.98. The van der Waals surface area contributed by atoms with Crippen LogP contribution in [0.5, 0.6) is 0 Å². The van der Waals surface area contributed by atoms with E-state index in [2.05, 4.69) is 12.6 Å². The number of aliphatic hydroxyl groups is 1. The van der Waals surface area contributed by atoms with Gasteiger partial charge in [-0.3, -0.25) is 4.79 Å². The van der Waals surface area contributed by atoms with E-state index in [1.165, 1.54) is 0 Å². The van der Waals surface area contributed by atoms with Gasteiger partial charge in [-0.05, 0) is 18.8 Å². The molecule has 2 rings (SSSR count). The second-order valence-corrected chi connectivity index (χ2v) is 4.34. The molecule has 3 nitrogen and oxygen atoms in total. The van der Waals surface area contributed by atoms with Gasteiger partial charge in [0.05, 0.1) is 11.9 Å². The first kappa shape index (κ1) is 9.34. The van der Waals surface area contributed by atoms with Gasteiger partial charge in [-0.1, -0.05) is 0 Å². The van der Waals surface area contributed by atoms with Crippen molar-refractivity contribution in [1.82, 2.24) is 4.90 Å². The maximum atomic E-state index is 11.3. The lowest BCUT2D eigenvalue weighted by Crippen LogP contribution is -2.31. The molecule has 1 saturated heterocycles. The fourth-order valence-corrected chi connectivity index (χ4v) is 2.74. The summed E-state index contributed by atoms with van der Waals surface area (Å²) in [6, 6.07) is 0. The highest BCUT2D eigenvalue weighted by Gasteiger charge is 2.42. The standard InChI is InChI=1S/C9H15NO2S/c11-8-2-1-6-3-10(4-7(6)8)9(12)5-13/h6-8,11,13H,1-5H2. The first-order chi connectivity index (χ1) is 6.22. The smallest absolute Gasteiger partial charge is 0.232 e. The molecule has 1 amide bonds. The number of rotatable bonds is 1. The number of aliphatic hydroxyl groups excluding tert-OH is 1. The van der Waals surface area contributed by atoms with Crippen LogP contribution in [0.1, 0.15) is 12.8 Å². The van der Waals surface area contributed by atoms with E-state index in [-0.39, 0.29) is 17.8 Å². The number of fused-ring (bicyclic) bond motifs is 1. The number of thiol groups is 1. The fourth-order valence-electron chi connectivity index (χ4n) is 2.54. The molecule has 3 atom stereocenters. The Bertz CT molecular complexity index is 222. The third-order valence-electron chi connectivity index (χ3n) is 3.31. The van der Waals surface area contributed by atoms with Gasteiger partial charge in [-0.25, -0.2) is 0 Å². The zero-order valence-corrected chi connectivity index (χ0v) is 8.41. The molecular weight excluding hydrogens is 186 g/mol. The van der Waals surface area contributed by atoms with Crippen molar-refractivity contribution in [3.63, 3.8) is 0 Å². The third kappa shape index (κ3) is 1.57. The number of hydrogen-bond donors (Lipinski definition) is 2. The van der Waals surface area contributed by atoms with Crippen LogP contribution in [-0.2, 0) is 4.79 Å². The molecule has 3 unspecified atom stereocenters. The van der Waals surface area contributed by atoms with E-state index in [0.29, 0.717) is 11.8 Å². The van der Waals surface area contributed by atoms with Crippen LogP contribution in [0.15, 0.2) is 0 Å². The van der Waals surface area contributed by atoms with Crippen molar-refractivity contribution in [2.45, 2.75) is 18.9 Å². The molecule has 0 spiro atoms. The molecule has 0 aromatic rings. The van der Waals surface area contributed by atoms with Crippen LogP contribution in [0, 0.1) is 11.8 Å². The average molecular weight is 201 g/mol. The predicted molar refractivity (Wildman–Crippen MR) is 52.7 cm³/mol. The Morgan fingerprint density at radius 2 is 2.23 bits per heavy atom. The summed E-state index contributed by atoms with van der Waals surface area (Å²) in [5.74, 6) is 1.27. The summed E-state index contributed by atoms with van der Waals surface area (Å²) in [5, 5.41) is 9.61. The van der Waals surface area contributed by atoms with Crippen LogP contribution in [0.4, 0.5) is 0 Å². The molecular formula is C9H15NO2S. The van der Waals surface area contributed by atoms with Crippen LogP contribution in [-0.4, -0.2) is 40.9 Å². The molecule has 1 N–H and O–H groups in total. The lowest BCUT2D eigenvalue weighted by Gasteiger charge is -2.17. The zero-order valence-electron chi connectivity index (χ0n) is 7.52. The summed E-state index contributed by atoms with van der Waals surface area (Å²) in [6.07, 6.45) is 1.81. The van der Waals surface area contributed by atoms with Gasteiger partial charge in [-0.15, -0.1) is 0 Å². The molecule has 0 radical (unpaired) electrons. The van der Waals surface area contributed by atoms with Crippen LogP contribution in [0.2, 0.25) is 0 Å². The third-order valence-corrected chi connectivity index (χ3v) is 3.58. The largest absolute Gasteiger partial charge is 0.393 e. The van der Waals surface area contributed by atoms with Gasteiger partial charge in [0.1, 0.15) is 0 Å². The lowest BCUT2D eigenvalue weighted by atomic mass is 10.00. The van der Waals surface area contributed by atoms with Gasteiger partial charge in [-0.2, -0.15) is 12.6 Å². The minimum atomic E-state index is -0.178. The Morgan fingerprint density at radius 3 is 2.85 bits per heavy atom. The first-order valence-corrected chi connectivity index (χ1v) is 5.42. The van der Waals surface area contributed by atoms with Gasteiger partial charge in [0.15, 0.2) is 0 Å². The molecule has 1 heterocycles. The number of carbonyl (C=O) groups excluding carboxylic acids is 1. The summed E-state index contributed by atoms with van der Waals surface area (Å²) in [7, 11) is 0. The molecule has 74 valence electrons. The van der Waals surface area contributed by atoms with Crippen molar-refractivity contribution >= 4 is 18.5 Å². The molecule has 1 aliphatic carbocycles. The maximum Gasteiger partial charge on any atom is 0.232 e. The van der Waals surface area contributed by atoms with Gasteiger partial charge in [0.25, 0.3) is 0 Å². The molecule has 0 aromatic heterocycles. The number of hydrogen-bond acceptors (Lipinski definition) is 3. The topological polar surface area (TPSA) is 40.5 Å². The molecule has 0 aromatic carbocycles. The second kappa shape index (κ2) is 3.50. The first-order valence-electron chi connectivity index (χ1n) is 4.79. The highest BCUT2D eigenvalue weighted by Crippen LogP contribution is 2.37. The lowest BCUT2D eigenvalue weighted by molar-refractivity contribution is -0.127. The Kier molecular flexibility index (Phi) is 2.51. The van der Waals surface area contributed by atoms with E-state index in [9.17, 15) is 9.90 Å². The van der Waals surface area contributed by atoms with Crippen molar-refractivity contribution in [3.05, 3.63) is 0 Å². The SMILES string of the molecule is O=C(CS)N1CC2CCC(O)C2C1. The number of nitrogens with zero attached hydrogens (tertiary/aromatic N) is 1. The molecule has 13 heavy (non-hydrogen) atoms. The molecule has 2 aliphatic rings. The van der Waals surface area contributed by atoms with Crippen LogP contribution >= 0.6 is 12.6 Å². The van der Waals surface area contributed by atoms with Crippen LogP contribution in [0.3, 0.4) is 0 Å². The van der Waals surface area contributed by atoms with Crippen LogP contribution < -0.4 is 0 Å². The Morgan fingerprint density at radius 1 is 1.46 bits per heavy atom. The summed E-state index contributed by atoms with van der Waals surface area (Å²) in [4.78, 5) is 13.2. The molecule has 1 saturated carbocycles. The summed E-state index contributed by atoms with van der Waals surface area (Å²) in [6.45, 7) is 1.58. The minimum Gasteiger partial charge on any atom is -0.393 e. The molecule has 0 bridgehead atoms. The quantitative estimate of drug-likeness (QED) is 0.593. The van der Waals surface area contributed by atoms with Crippen LogP contribution in [0.25, 0.3) is 0 Å². The normalized spacial score (nSPS) is 38.0. The van der Waals surface area contributed by atoms with Gasteiger partial charge in [0.2, 0.25) is 5.91 Å². The molecule has 2 fully saturated rings. The van der Waals surface area contributed by atoms with Gasteiger partial charge >= 0.3 is 0 Å². The average Bonchev–Trinajstić information content (AvgIpc) is 2.67. The zero-order chi connectivity index (χ0) is 9.42. The van der Waals surface area contributed by atoms with Crippen molar-refractivity contribution < 1.29 is 9.90 Å². The van der Waals surface area contributed by atoms with Crippen molar-refractivity contribution in [1.29, 1.82) is 0 Å². The highest BCUT2D eigenvalue weighted by atomic mass is 32.1. The van der Waals surface area contributed by atoms with E-state index in [1.807, 2.05) is 4.90 Å². The summed E-state index contributed by atoms with van der Waals surface area (Å²) >= 11 is 3.97. The van der Waals surface area contributed by atoms with E-state index < -0.39 is 0 Å². The Hall–Kier alpha value is -0.220. The summed E-state index contributed by atoms with van der Waals surface area (Å²) < 4.78 is 0. The second-order valence-electron chi connectivity index (χ2n) is 4.03. The predicted octanol–water partition coefficient (Wildman–Crippen LogP) is 0.146. The van der Waals surface area contributed by atoms with Crippen molar-refractivity contribution in [3.8, 4) is 0 Å². The van der Waals surface area contributed by atoms with E-state index >= 15 is 0 Å². The summed E-state index contributed by atoms with van der Waals surface area (Å²) in [5.41, 5.74) is 0. The van der Waals surface area contributed by atoms with E-state index in [1.54, 1.807) is 0 Å². The number of likely N-dealkylation sites (tertiary alicyclic amines) is 1.